The molecule has 1 aromatic rings. The van der Waals surface area contributed by atoms with E-state index in [1.165, 1.54) is 0 Å². The third-order valence-electron chi connectivity index (χ3n) is 5.74. The summed E-state index contributed by atoms with van der Waals surface area (Å²) in [5, 5.41) is 0. The third-order valence-corrected chi connectivity index (χ3v) is 5.74. The Morgan fingerprint density at radius 2 is 1.83 bits per heavy atom. The van der Waals surface area contributed by atoms with E-state index in [1.54, 1.807) is 4.90 Å². The predicted octanol–water partition coefficient (Wildman–Crippen LogP) is 3.08. The number of Topliss-reactive ketones (excluding diaryl/α,β-unsaturated/α-hetero) is 1. The second kappa shape index (κ2) is 4.57. The van der Waals surface area contributed by atoms with Crippen LogP contribution in [0.4, 0.5) is 4.79 Å². The highest BCUT2D eigenvalue weighted by molar-refractivity contribution is 6.03. The lowest BCUT2D eigenvalue weighted by Crippen LogP contribution is -2.32. The van der Waals surface area contributed by atoms with Gasteiger partial charge in [0.25, 0.3) is 0 Å². The van der Waals surface area contributed by atoms with Crippen LogP contribution in [0.1, 0.15) is 18.0 Å². The molecule has 1 aromatic carbocycles. The van der Waals surface area contributed by atoms with Gasteiger partial charge in [0.1, 0.15) is 6.61 Å². The average Bonchev–Trinajstić information content (AvgIpc) is 3.31. The summed E-state index contributed by atoms with van der Waals surface area (Å²) in [6.45, 7) is 0.300. The molecule has 1 saturated heterocycles. The molecule has 0 radical (unpaired) electrons. The molecule has 23 heavy (non-hydrogen) atoms. The summed E-state index contributed by atoms with van der Waals surface area (Å²) < 4.78 is 5.26. The number of carbonyl (C=O) groups excluding carboxylic acids is 2. The summed E-state index contributed by atoms with van der Waals surface area (Å²) in [6, 6.07) is 9.58. The van der Waals surface area contributed by atoms with Crippen molar-refractivity contribution in [1.29, 1.82) is 0 Å². The number of cyclic esters (lactones) is 1. The first-order valence-corrected chi connectivity index (χ1v) is 8.19. The highest BCUT2D eigenvalue weighted by atomic mass is 16.6. The van der Waals surface area contributed by atoms with Gasteiger partial charge in [0, 0.05) is 5.92 Å². The molecule has 0 aromatic heterocycles. The molecular formula is C19H17NO3. The fourth-order valence-electron chi connectivity index (χ4n) is 4.70. The Labute approximate surface area is 134 Å². The van der Waals surface area contributed by atoms with Crippen LogP contribution in [0.2, 0.25) is 0 Å². The van der Waals surface area contributed by atoms with Gasteiger partial charge in [-0.3, -0.25) is 9.69 Å². The van der Waals surface area contributed by atoms with E-state index in [1.807, 2.05) is 36.4 Å². The van der Waals surface area contributed by atoms with Crippen molar-refractivity contribution in [3.05, 3.63) is 59.8 Å². The first-order chi connectivity index (χ1) is 11.2. The molecular weight excluding hydrogens is 290 g/mol. The van der Waals surface area contributed by atoms with Gasteiger partial charge in [-0.1, -0.05) is 48.6 Å². The van der Waals surface area contributed by atoms with Crippen molar-refractivity contribution < 1.29 is 14.3 Å². The zero-order valence-electron chi connectivity index (χ0n) is 12.6. The molecule has 2 fully saturated rings. The van der Waals surface area contributed by atoms with Crippen LogP contribution in [0.3, 0.4) is 0 Å². The molecule has 5 rings (SSSR count). The van der Waals surface area contributed by atoms with Crippen LogP contribution in [0.25, 0.3) is 0 Å². The molecule has 1 aliphatic heterocycles. The van der Waals surface area contributed by atoms with E-state index in [0.29, 0.717) is 24.1 Å². The number of hydrogen-bond donors (Lipinski definition) is 0. The Balaban J connectivity index is 1.52. The first kappa shape index (κ1) is 13.1. The molecule has 1 saturated carbocycles. The van der Waals surface area contributed by atoms with E-state index in [0.717, 1.165) is 12.0 Å². The number of nitrogens with zero attached hydrogens (tertiary/aromatic N) is 1. The molecule has 0 N–H and O–H groups in total. The predicted molar refractivity (Wildman–Crippen MR) is 83.2 cm³/mol. The summed E-state index contributed by atoms with van der Waals surface area (Å²) in [6.07, 6.45) is 7.12. The number of carbonyl (C=O) groups is 2. The molecule has 2 bridgehead atoms. The van der Waals surface area contributed by atoms with Crippen molar-refractivity contribution in [3.8, 4) is 0 Å². The van der Waals surface area contributed by atoms with E-state index >= 15 is 0 Å². The van der Waals surface area contributed by atoms with Crippen LogP contribution < -0.4 is 0 Å². The highest BCUT2D eigenvalue weighted by Gasteiger charge is 2.54. The Bertz CT molecular complexity index is 751. The van der Waals surface area contributed by atoms with Crippen molar-refractivity contribution >= 4 is 11.9 Å². The van der Waals surface area contributed by atoms with Crippen LogP contribution in [0.15, 0.2) is 54.3 Å². The van der Waals surface area contributed by atoms with Gasteiger partial charge in [0.15, 0.2) is 5.78 Å². The summed E-state index contributed by atoms with van der Waals surface area (Å²) in [5.41, 5.74) is 1.56. The summed E-state index contributed by atoms with van der Waals surface area (Å²) >= 11 is 0. The van der Waals surface area contributed by atoms with Crippen LogP contribution in [0.5, 0.6) is 0 Å². The van der Waals surface area contributed by atoms with Gasteiger partial charge >= 0.3 is 6.09 Å². The molecule has 5 atom stereocenters. The Hall–Kier alpha value is -2.36. The first-order valence-electron chi connectivity index (χ1n) is 8.19. The van der Waals surface area contributed by atoms with Gasteiger partial charge in [-0.15, -0.1) is 0 Å². The van der Waals surface area contributed by atoms with Crippen molar-refractivity contribution in [3.63, 3.8) is 0 Å². The van der Waals surface area contributed by atoms with E-state index < -0.39 is 6.09 Å². The zero-order chi connectivity index (χ0) is 15.6. The summed E-state index contributed by atoms with van der Waals surface area (Å²) in [7, 11) is 0. The van der Waals surface area contributed by atoms with Crippen molar-refractivity contribution in [2.75, 3.05) is 6.61 Å². The summed E-state index contributed by atoms with van der Waals surface area (Å²) in [4.78, 5) is 26.8. The van der Waals surface area contributed by atoms with Crippen molar-refractivity contribution in [1.82, 2.24) is 4.90 Å². The Kier molecular flexibility index (Phi) is 2.61. The van der Waals surface area contributed by atoms with Crippen LogP contribution in [0, 0.1) is 23.7 Å². The quantitative estimate of drug-likeness (QED) is 0.789. The second-order valence-electron chi connectivity index (χ2n) is 6.84. The van der Waals surface area contributed by atoms with Crippen LogP contribution in [-0.4, -0.2) is 23.4 Å². The number of amides is 1. The van der Waals surface area contributed by atoms with E-state index in [2.05, 4.69) is 12.2 Å². The van der Waals surface area contributed by atoms with Crippen LogP contribution >= 0.6 is 0 Å². The maximum absolute atomic E-state index is 12.9. The van der Waals surface area contributed by atoms with Gasteiger partial charge in [-0.05, 0) is 29.7 Å². The molecule has 1 amide bonds. The molecule has 4 heteroatoms. The summed E-state index contributed by atoms with van der Waals surface area (Å²) in [5.74, 6) is 1.22. The molecule has 4 aliphatic rings. The van der Waals surface area contributed by atoms with Gasteiger partial charge < -0.3 is 4.74 Å². The smallest absolute Gasteiger partial charge is 0.415 e. The topological polar surface area (TPSA) is 46.6 Å². The van der Waals surface area contributed by atoms with E-state index in [-0.39, 0.29) is 23.7 Å². The molecule has 116 valence electrons. The maximum Gasteiger partial charge on any atom is 0.415 e. The largest absolute Gasteiger partial charge is 0.447 e. The molecule has 0 unspecified atom stereocenters. The lowest BCUT2D eigenvalue weighted by Gasteiger charge is -2.23. The molecule has 4 nitrogen and oxygen atoms in total. The lowest BCUT2D eigenvalue weighted by molar-refractivity contribution is -0.120. The van der Waals surface area contributed by atoms with E-state index in [4.69, 9.17) is 4.74 Å². The van der Waals surface area contributed by atoms with Gasteiger partial charge in [0.2, 0.25) is 0 Å². The van der Waals surface area contributed by atoms with Crippen LogP contribution in [-0.2, 0) is 9.53 Å². The minimum absolute atomic E-state index is 0.0322. The fraction of sp³-hybridized carbons (Fsp3) is 0.368. The number of benzene rings is 1. The molecule has 0 spiro atoms. The monoisotopic (exact) mass is 307 g/mol. The number of rotatable bonds is 2. The number of fused-ring (bicyclic) bond motifs is 5. The second-order valence-corrected chi connectivity index (χ2v) is 6.84. The van der Waals surface area contributed by atoms with Crippen molar-refractivity contribution in [2.24, 2.45) is 23.7 Å². The highest BCUT2D eigenvalue weighted by Crippen LogP contribution is 2.54. The Morgan fingerprint density at radius 1 is 1.04 bits per heavy atom. The van der Waals surface area contributed by atoms with Gasteiger partial charge in [-0.2, -0.15) is 0 Å². The number of ether oxygens (including phenoxy) is 1. The minimum atomic E-state index is -0.404. The minimum Gasteiger partial charge on any atom is -0.447 e. The molecule has 3 aliphatic carbocycles. The number of ketones is 1. The lowest BCUT2D eigenvalue weighted by atomic mass is 9.85. The Morgan fingerprint density at radius 3 is 2.61 bits per heavy atom. The SMILES string of the molecule is O=C1C(N2C(=O)OC[C@H]2c2ccccc2)=C[C@H]2[C@@H]1[C@@H]1C=C[C@H]2C1. The molecule has 1 heterocycles. The normalized spacial score (nSPS) is 37.3. The van der Waals surface area contributed by atoms with Crippen molar-refractivity contribution in [2.45, 2.75) is 12.5 Å². The van der Waals surface area contributed by atoms with E-state index in [9.17, 15) is 9.59 Å². The number of allylic oxidation sites excluding steroid dienone is 4. The third kappa shape index (κ3) is 1.72. The maximum atomic E-state index is 12.9. The zero-order valence-corrected chi connectivity index (χ0v) is 12.6. The standard InChI is InChI=1S/C19H17NO3/c21-18-15(9-14-12-6-7-13(8-12)17(14)18)20-16(10-23-19(20)22)11-4-2-1-3-5-11/h1-7,9,12-14,16-17H,8,10H2/t12-,13+,14+,16-,17-/m0/s1. The fourth-order valence-corrected chi connectivity index (χ4v) is 4.70. The average molecular weight is 307 g/mol. The van der Waals surface area contributed by atoms with Gasteiger partial charge in [-0.25, -0.2) is 4.79 Å². The number of hydrogen-bond acceptors (Lipinski definition) is 3. The van der Waals surface area contributed by atoms with Gasteiger partial charge in [0.05, 0.1) is 11.7 Å².